The van der Waals surface area contributed by atoms with E-state index in [0.29, 0.717) is 16.2 Å². The predicted molar refractivity (Wildman–Crippen MR) is 116 cm³/mol. The highest BCUT2D eigenvalue weighted by molar-refractivity contribution is 8.00. The van der Waals surface area contributed by atoms with Crippen molar-refractivity contribution in [1.82, 2.24) is 0 Å². The van der Waals surface area contributed by atoms with Crippen LogP contribution < -0.4 is 4.90 Å². The van der Waals surface area contributed by atoms with Gasteiger partial charge in [0.2, 0.25) is 11.8 Å². The van der Waals surface area contributed by atoms with Crippen molar-refractivity contribution in [1.29, 1.82) is 0 Å². The number of carbonyl (C=O) groups is 2. The molecule has 0 aromatic heterocycles. The summed E-state index contributed by atoms with van der Waals surface area (Å²) in [4.78, 5) is 28.9. The Morgan fingerprint density at radius 1 is 0.793 bits per heavy atom. The number of anilines is 1. The lowest BCUT2D eigenvalue weighted by Gasteiger charge is -2.42. The smallest absolute Gasteiger partial charge is 0.238 e. The van der Waals surface area contributed by atoms with Gasteiger partial charge in [0.15, 0.2) is 0 Å². The third-order valence-corrected chi connectivity index (χ3v) is 8.86. The molecule has 6 atom stereocenters. The van der Waals surface area contributed by atoms with E-state index in [1.807, 2.05) is 48.5 Å². The molecule has 3 saturated heterocycles. The highest BCUT2D eigenvalue weighted by Gasteiger charge is 2.60. The Balaban J connectivity index is 1.50. The SMILES string of the molecule is O=C1[C@H]2[C@@H](C(=O)N1c1ccccc1)[C@H](c1ccccc1)C=C1C[C@H]3CC[C@H](S3)[C@@H]12. The van der Waals surface area contributed by atoms with E-state index in [2.05, 4.69) is 30.0 Å². The van der Waals surface area contributed by atoms with Crippen molar-refractivity contribution in [2.75, 3.05) is 4.90 Å². The zero-order chi connectivity index (χ0) is 19.5. The minimum atomic E-state index is -0.295. The molecule has 4 heteroatoms. The summed E-state index contributed by atoms with van der Waals surface area (Å²) in [5.74, 6) is -0.343. The monoisotopic (exact) mass is 401 g/mol. The first-order valence-electron chi connectivity index (χ1n) is 10.6. The molecule has 29 heavy (non-hydrogen) atoms. The molecule has 4 aliphatic rings. The summed E-state index contributed by atoms with van der Waals surface area (Å²) in [5, 5.41) is 1.17. The number of thioether (sulfide) groups is 1. The van der Waals surface area contributed by atoms with E-state index in [0.717, 1.165) is 12.0 Å². The molecule has 3 aliphatic heterocycles. The highest BCUT2D eigenvalue weighted by atomic mass is 32.2. The zero-order valence-corrected chi connectivity index (χ0v) is 16.9. The fourth-order valence-electron chi connectivity index (χ4n) is 6.04. The standard InChI is InChI=1S/C25H23NO2S/c27-24-22-19(15-7-3-1-4-8-15)14-16-13-18-11-12-20(29-18)21(16)23(22)25(28)26(24)17-9-5-2-6-10-17/h1-10,14,18-23H,11-13H2/t18-,19+,20+,21-,22+,23-/m1/s1. The summed E-state index contributed by atoms with van der Waals surface area (Å²) < 4.78 is 0. The Labute approximate surface area is 175 Å². The number of rotatable bonds is 2. The van der Waals surface area contributed by atoms with Crippen LogP contribution in [-0.2, 0) is 9.59 Å². The van der Waals surface area contributed by atoms with Gasteiger partial charge in [-0.25, -0.2) is 0 Å². The van der Waals surface area contributed by atoms with Gasteiger partial charge in [0.1, 0.15) is 0 Å². The quantitative estimate of drug-likeness (QED) is 0.536. The summed E-state index contributed by atoms with van der Waals surface area (Å²) in [6, 6.07) is 19.8. The maximum absolute atomic E-state index is 13.7. The molecule has 0 saturated carbocycles. The van der Waals surface area contributed by atoms with Crippen LogP contribution in [0, 0.1) is 17.8 Å². The first kappa shape index (κ1) is 17.5. The number of nitrogens with zero attached hydrogens (tertiary/aromatic N) is 1. The molecule has 2 amide bonds. The van der Waals surface area contributed by atoms with Crippen molar-refractivity contribution in [2.24, 2.45) is 17.8 Å². The van der Waals surface area contributed by atoms with Crippen LogP contribution >= 0.6 is 11.8 Å². The lowest BCUT2D eigenvalue weighted by Crippen LogP contribution is -2.41. The largest absolute Gasteiger partial charge is 0.274 e. The number of benzene rings is 2. The molecule has 3 heterocycles. The average Bonchev–Trinajstić information content (AvgIpc) is 3.27. The highest BCUT2D eigenvalue weighted by Crippen LogP contribution is 2.59. The summed E-state index contributed by atoms with van der Waals surface area (Å²) in [6.07, 6.45) is 5.85. The summed E-state index contributed by atoms with van der Waals surface area (Å²) in [5.41, 5.74) is 3.29. The van der Waals surface area contributed by atoms with E-state index in [1.165, 1.54) is 23.3 Å². The Bertz CT molecular complexity index is 1000. The molecule has 0 N–H and O–H groups in total. The number of para-hydroxylation sites is 1. The molecular weight excluding hydrogens is 378 g/mol. The maximum atomic E-state index is 13.7. The van der Waals surface area contributed by atoms with Crippen molar-refractivity contribution in [3.8, 4) is 0 Å². The summed E-state index contributed by atoms with van der Waals surface area (Å²) >= 11 is 2.06. The van der Waals surface area contributed by atoms with Crippen LogP contribution in [0.1, 0.15) is 30.7 Å². The normalized spacial score (nSPS) is 35.3. The number of imide groups is 1. The van der Waals surface area contributed by atoms with Gasteiger partial charge in [-0.2, -0.15) is 11.8 Å². The van der Waals surface area contributed by atoms with Crippen LogP contribution in [0.5, 0.6) is 0 Å². The van der Waals surface area contributed by atoms with Gasteiger partial charge in [-0.3, -0.25) is 14.5 Å². The lowest BCUT2D eigenvalue weighted by molar-refractivity contribution is -0.122. The number of hydrogen-bond donors (Lipinski definition) is 0. The lowest BCUT2D eigenvalue weighted by atomic mass is 9.65. The van der Waals surface area contributed by atoms with Crippen molar-refractivity contribution in [3.05, 3.63) is 77.9 Å². The molecule has 2 aromatic rings. The van der Waals surface area contributed by atoms with Gasteiger partial charge in [-0.05, 0) is 37.0 Å². The molecule has 0 unspecified atom stereocenters. The number of hydrogen-bond acceptors (Lipinski definition) is 3. The van der Waals surface area contributed by atoms with Crippen molar-refractivity contribution in [3.63, 3.8) is 0 Å². The van der Waals surface area contributed by atoms with Crippen LogP contribution in [0.15, 0.2) is 72.3 Å². The predicted octanol–water partition coefficient (Wildman–Crippen LogP) is 4.80. The van der Waals surface area contributed by atoms with Gasteiger partial charge in [-0.1, -0.05) is 60.2 Å². The van der Waals surface area contributed by atoms with Crippen LogP contribution in [-0.4, -0.2) is 22.3 Å². The second-order valence-electron chi connectivity index (χ2n) is 8.68. The molecule has 0 radical (unpaired) electrons. The number of carbonyl (C=O) groups excluding carboxylic acids is 2. The molecule has 3 fully saturated rings. The van der Waals surface area contributed by atoms with Crippen molar-refractivity contribution in [2.45, 2.75) is 35.7 Å². The molecule has 2 bridgehead atoms. The van der Waals surface area contributed by atoms with E-state index >= 15 is 0 Å². The van der Waals surface area contributed by atoms with E-state index in [4.69, 9.17) is 0 Å². The third kappa shape index (κ3) is 2.58. The van der Waals surface area contributed by atoms with Gasteiger partial charge in [0.25, 0.3) is 0 Å². The molecule has 1 aliphatic carbocycles. The topological polar surface area (TPSA) is 37.4 Å². The van der Waals surface area contributed by atoms with E-state index in [9.17, 15) is 9.59 Å². The molecular formula is C25H23NO2S. The third-order valence-electron chi connectivity index (χ3n) is 7.20. The van der Waals surface area contributed by atoms with Gasteiger partial charge in [0.05, 0.1) is 17.5 Å². The van der Waals surface area contributed by atoms with E-state index < -0.39 is 0 Å². The molecule has 146 valence electrons. The minimum Gasteiger partial charge on any atom is -0.274 e. The van der Waals surface area contributed by atoms with Gasteiger partial charge in [-0.15, -0.1) is 0 Å². The minimum absolute atomic E-state index is 0.00804. The van der Waals surface area contributed by atoms with E-state index in [1.54, 1.807) is 0 Å². The first-order valence-corrected chi connectivity index (χ1v) is 11.5. The van der Waals surface area contributed by atoms with Gasteiger partial charge >= 0.3 is 0 Å². The van der Waals surface area contributed by atoms with Crippen LogP contribution in [0.2, 0.25) is 0 Å². The fourth-order valence-corrected chi connectivity index (χ4v) is 7.88. The van der Waals surface area contributed by atoms with Crippen molar-refractivity contribution < 1.29 is 9.59 Å². The Morgan fingerprint density at radius 3 is 2.24 bits per heavy atom. The summed E-state index contributed by atoms with van der Waals surface area (Å²) in [6.45, 7) is 0. The summed E-state index contributed by atoms with van der Waals surface area (Å²) in [7, 11) is 0. The average molecular weight is 402 g/mol. The van der Waals surface area contributed by atoms with E-state index in [-0.39, 0.29) is 35.5 Å². The Morgan fingerprint density at radius 2 is 1.48 bits per heavy atom. The van der Waals surface area contributed by atoms with Gasteiger partial charge in [0, 0.05) is 22.3 Å². The number of allylic oxidation sites excluding steroid dienone is 2. The first-order chi connectivity index (χ1) is 14.2. The van der Waals surface area contributed by atoms with Gasteiger partial charge < -0.3 is 0 Å². The molecule has 0 spiro atoms. The maximum Gasteiger partial charge on any atom is 0.238 e. The Kier molecular flexibility index (Phi) is 3.98. The second kappa shape index (κ2) is 6.60. The zero-order valence-electron chi connectivity index (χ0n) is 16.1. The number of fused-ring (bicyclic) bond motifs is 6. The molecule has 3 nitrogen and oxygen atoms in total. The molecule has 6 rings (SSSR count). The van der Waals surface area contributed by atoms with Crippen LogP contribution in [0.3, 0.4) is 0 Å². The second-order valence-corrected chi connectivity index (χ2v) is 10.2. The molecule has 2 aromatic carbocycles. The fraction of sp³-hybridized carbons (Fsp3) is 0.360. The van der Waals surface area contributed by atoms with Crippen molar-refractivity contribution >= 4 is 29.3 Å². The Hall–Kier alpha value is -2.33. The number of amides is 2. The van der Waals surface area contributed by atoms with Crippen LogP contribution in [0.25, 0.3) is 0 Å². The van der Waals surface area contributed by atoms with Crippen LogP contribution in [0.4, 0.5) is 5.69 Å².